The van der Waals surface area contributed by atoms with Crippen LogP contribution in [-0.4, -0.2) is 29.8 Å². The van der Waals surface area contributed by atoms with E-state index >= 15 is 0 Å². The molecule has 6 heteroatoms. The highest BCUT2D eigenvalue weighted by molar-refractivity contribution is 7.99. The van der Waals surface area contributed by atoms with E-state index in [0.717, 1.165) is 22.2 Å². The summed E-state index contributed by atoms with van der Waals surface area (Å²) in [6.45, 7) is 1.98. The minimum atomic E-state index is -0.224. The maximum Gasteiger partial charge on any atom is 0.172 e. The molecule has 108 valence electrons. The van der Waals surface area contributed by atoms with Crippen LogP contribution in [0.4, 0.5) is 4.39 Å². The predicted octanol–water partition coefficient (Wildman–Crippen LogP) is 2.45. The number of ether oxygens (including phenoxy) is 1. The van der Waals surface area contributed by atoms with Crippen molar-refractivity contribution in [1.82, 2.24) is 14.9 Å². The summed E-state index contributed by atoms with van der Waals surface area (Å²) in [6, 6.07) is 4.83. The van der Waals surface area contributed by atoms with Gasteiger partial charge in [-0.3, -0.25) is 0 Å². The number of nitrogens with one attached hydrogen (secondary N) is 1. The molecule has 0 saturated heterocycles. The molecule has 4 nitrogen and oxygen atoms in total. The van der Waals surface area contributed by atoms with E-state index in [1.54, 1.807) is 25.4 Å². The van der Waals surface area contributed by atoms with Crippen LogP contribution in [0.25, 0.3) is 0 Å². The van der Waals surface area contributed by atoms with Crippen molar-refractivity contribution in [2.45, 2.75) is 16.6 Å². The van der Waals surface area contributed by atoms with Gasteiger partial charge in [-0.2, -0.15) is 0 Å². The van der Waals surface area contributed by atoms with Crippen LogP contribution in [0.5, 0.6) is 0 Å². The van der Waals surface area contributed by atoms with E-state index in [1.165, 1.54) is 17.8 Å². The standard InChI is InChI=1S/C14H18FN3OS/c1-18-7-5-17-14(18)20-13-4-3-12(15)9-11(13)10-16-6-8-19-2/h3-5,7,9,16H,6,8,10H2,1-2H3. The van der Waals surface area contributed by atoms with Gasteiger partial charge in [0.1, 0.15) is 5.82 Å². The Hall–Kier alpha value is -1.37. The maximum absolute atomic E-state index is 13.4. The first-order chi connectivity index (χ1) is 9.70. The van der Waals surface area contributed by atoms with E-state index in [9.17, 15) is 4.39 Å². The van der Waals surface area contributed by atoms with Crippen molar-refractivity contribution in [3.63, 3.8) is 0 Å². The Morgan fingerprint density at radius 2 is 2.30 bits per heavy atom. The van der Waals surface area contributed by atoms with E-state index in [1.807, 2.05) is 17.8 Å². The van der Waals surface area contributed by atoms with Crippen molar-refractivity contribution in [3.05, 3.63) is 42.0 Å². The zero-order valence-corrected chi connectivity index (χ0v) is 12.4. The highest BCUT2D eigenvalue weighted by Gasteiger charge is 2.08. The van der Waals surface area contributed by atoms with Gasteiger partial charge >= 0.3 is 0 Å². The average Bonchev–Trinajstić information content (AvgIpc) is 2.83. The van der Waals surface area contributed by atoms with Crippen molar-refractivity contribution in [1.29, 1.82) is 0 Å². The number of imidazole rings is 1. The Morgan fingerprint density at radius 3 is 3.00 bits per heavy atom. The van der Waals surface area contributed by atoms with Crippen molar-refractivity contribution >= 4 is 11.8 Å². The Balaban J connectivity index is 2.09. The summed E-state index contributed by atoms with van der Waals surface area (Å²) in [5.41, 5.74) is 0.925. The molecule has 2 rings (SSSR count). The first-order valence-electron chi connectivity index (χ1n) is 6.34. The molecular weight excluding hydrogens is 277 g/mol. The molecule has 0 atom stereocenters. The molecule has 0 radical (unpaired) electrons. The number of benzene rings is 1. The lowest BCUT2D eigenvalue weighted by molar-refractivity contribution is 0.199. The molecule has 0 aliphatic rings. The van der Waals surface area contributed by atoms with Gasteiger partial charge in [-0.15, -0.1) is 0 Å². The first-order valence-corrected chi connectivity index (χ1v) is 7.15. The summed E-state index contributed by atoms with van der Waals surface area (Å²) in [5.74, 6) is -0.224. The van der Waals surface area contributed by atoms with Gasteiger partial charge in [0.15, 0.2) is 5.16 Å². The van der Waals surface area contributed by atoms with E-state index < -0.39 is 0 Å². The number of nitrogens with zero attached hydrogens (tertiary/aromatic N) is 2. The van der Waals surface area contributed by atoms with Gasteiger partial charge in [0.25, 0.3) is 0 Å². The number of aromatic nitrogens is 2. The molecule has 0 aliphatic carbocycles. The second kappa shape index (κ2) is 7.42. The van der Waals surface area contributed by atoms with Gasteiger partial charge in [0.05, 0.1) is 6.61 Å². The zero-order chi connectivity index (χ0) is 14.4. The smallest absolute Gasteiger partial charge is 0.172 e. The fourth-order valence-corrected chi connectivity index (χ4v) is 2.65. The van der Waals surface area contributed by atoms with Crippen LogP contribution in [0.3, 0.4) is 0 Å². The van der Waals surface area contributed by atoms with E-state index in [2.05, 4.69) is 10.3 Å². The average molecular weight is 295 g/mol. The number of rotatable bonds is 7. The summed E-state index contributed by atoms with van der Waals surface area (Å²) in [6.07, 6.45) is 3.64. The molecule has 1 aromatic heterocycles. The lowest BCUT2D eigenvalue weighted by Crippen LogP contribution is -2.19. The molecule has 0 aliphatic heterocycles. The summed E-state index contributed by atoms with van der Waals surface area (Å²) < 4.78 is 20.3. The van der Waals surface area contributed by atoms with Crippen LogP contribution in [0.15, 0.2) is 40.6 Å². The van der Waals surface area contributed by atoms with Gasteiger partial charge in [-0.05, 0) is 23.8 Å². The van der Waals surface area contributed by atoms with Gasteiger partial charge in [0, 0.05) is 44.5 Å². The summed E-state index contributed by atoms with van der Waals surface area (Å²) in [7, 11) is 3.60. The fraction of sp³-hybridized carbons (Fsp3) is 0.357. The van der Waals surface area contributed by atoms with E-state index in [0.29, 0.717) is 13.2 Å². The molecule has 1 aromatic carbocycles. The van der Waals surface area contributed by atoms with Crippen LogP contribution in [0.1, 0.15) is 5.56 Å². The van der Waals surface area contributed by atoms with Crippen molar-refractivity contribution in [3.8, 4) is 0 Å². The van der Waals surface area contributed by atoms with Crippen LogP contribution >= 0.6 is 11.8 Å². The van der Waals surface area contributed by atoms with Gasteiger partial charge < -0.3 is 14.6 Å². The van der Waals surface area contributed by atoms with E-state index in [4.69, 9.17) is 4.74 Å². The predicted molar refractivity (Wildman–Crippen MR) is 77.3 cm³/mol. The Bertz CT molecular complexity index is 559. The third-order valence-electron chi connectivity index (χ3n) is 2.80. The molecule has 0 fully saturated rings. The monoisotopic (exact) mass is 295 g/mol. The highest BCUT2D eigenvalue weighted by Crippen LogP contribution is 2.29. The third-order valence-corrected chi connectivity index (χ3v) is 3.99. The molecule has 1 heterocycles. The van der Waals surface area contributed by atoms with Gasteiger partial charge in [-0.25, -0.2) is 9.37 Å². The highest BCUT2D eigenvalue weighted by atomic mass is 32.2. The largest absolute Gasteiger partial charge is 0.383 e. The number of hydrogen-bond acceptors (Lipinski definition) is 4. The van der Waals surface area contributed by atoms with Crippen LogP contribution < -0.4 is 5.32 Å². The molecular formula is C14H18FN3OS. The maximum atomic E-state index is 13.4. The molecule has 1 N–H and O–H groups in total. The van der Waals surface area contributed by atoms with Crippen molar-refractivity contribution < 1.29 is 9.13 Å². The molecule has 20 heavy (non-hydrogen) atoms. The Kier molecular flexibility index (Phi) is 5.58. The second-order valence-corrected chi connectivity index (χ2v) is 5.35. The van der Waals surface area contributed by atoms with Crippen LogP contribution in [0.2, 0.25) is 0 Å². The summed E-state index contributed by atoms with van der Waals surface area (Å²) in [5, 5.41) is 4.12. The first kappa shape index (κ1) is 15.0. The number of aryl methyl sites for hydroxylation is 1. The topological polar surface area (TPSA) is 39.1 Å². The molecule has 0 spiro atoms. The van der Waals surface area contributed by atoms with Crippen molar-refractivity contribution in [2.24, 2.45) is 7.05 Å². The fourth-order valence-electron chi connectivity index (χ4n) is 1.73. The summed E-state index contributed by atoms with van der Waals surface area (Å²) >= 11 is 1.53. The van der Waals surface area contributed by atoms with E-state index in [-0.39, 0.29) is 5.82 Å². The number of halogens is 1. The Morgan fingerprint density at radius 1 is 1.45 bits per heavy atom. The Labute approximate surface area is 122 Å². The van der Waals surface area contributed by atoms with Gasteiger partial charge in [0.2, 0.25) is 0 Å². The lowest BCUT2D eigenvalue weighted by Gasteiger charge is -2.10. The number of methoxy groups -OCH3 is 1. The quantitative estimate of drug-likeness (QED) is 0.796. The molecule has 0 unspecified atom stereocenters. The number of hydrogen-bond donors (Lipinski definition) is 1. The van der Waals surface area contributed by atoms with Crippen LogP contribution in [0, 0.1) is 5.82 Å². The normalized spacial score (nSPS) is 10.9. The third kappa shape index (κ3) is 4.06. The molecule has 0 saturated carbocycles. The lowest BCUT2D eigenvalue weighted by atomic mass is 10.2. The van der Waals surface area contributed by atoms with Crippen LogP contribution in [-0.2, 0) is 18.3 Å². The SMILES string of the molecule is COCCNCc1cc(F)ccc1Sc1nccn1C. The zero-order valence-electron chi connectivity index (χ0n) is 11.6. The second-order valence-electron chi connectivity index (χ2n) is 4.34. The molecule has 0 amide bonds. The minimum Gasteiger partial charge on any atom is -0.383 e. The summed E-state index contributed by atoms with van der Waals surface area (Å²) in [4.78, 5) is 5.28. The molecule has 2 aromatic rings. The van der Waals surface area contributed by atoms with Gasteiger partial charge in [-0.1, -0.05) is 11.8 Å². The minimum absolute atomic E-state index is 0.224. The molecule has 0 bridgehead atoms. The van der Waals surface area contributed by atoms with Crippen molar-refractivity contribution in [2.75, 3.05) is 20.3 Å².